The molecule has 2 amide bonds. The maximum atomic E-state index is 13.3. The molecule has 30 heavy (non-hydrogen) atoms. The fraction of sp³-hybridized carbons (Fsp3) is 0.364. The van der Waals surface area contributed by atoms with E-state index in [9.17, 15) is 18.0 Å². The first-order valence-electron chi connectivity index (χ1n) is 9.62. The second-order valence-electron chi connectivity index (χ2n) is 7.64. The first-order valence-corrected chi connectivity index (χ1v) is 9.62. The summed E-state index contributed by atoms with van der Waals surface area (Å²) in [7, 11) is 0. The normalized spacial score (nSPS) is 19.4. The minimum Gasteiger partial charge on any atom is -0.365 e. The Balaban J connectivity index is 1.77. The molecule has 1 heterocycles. The molecule has 0 radical (unpaired) electrons. The van der Waals surface area contributed by atoms with Crippen LogP contribution >= 0.6 is 0 Å². The Morgan fingerprint density at radius 2 is 1.77 bits per heavy atom. The third-order valence-corrected chi connectivity index (χ3v) is 5.31. The first kappa shape index (κ1) is 21.5. The molecular weight excluding hydrogens is 393 g/mol. The van der Waals surface area contributed by atoms with Crippen LogP contribution in [0.1, 0.15) is 30.5 Å². The lowest BCUT2D eigenvalue weighted by Gasteiger charge is -2.45. The molecule has 1 N–H and O–H groups in total. The van der Waals surface area contributed by atoms with Gasteiger partial charge >= 0.3 is 12.2 Å². The van der Waals surface area contributed by atoms with Gasteiger partial charge in [0.1, 0.15) is 0 Å². The van der Waals surface area contributed by atoms with Gasteiger partial charge in [0, 0.05) is 36.5 Å². The number of urea groups is 1. The van der Waals surface area contributed by atoms with Crippen molar-refractivity contribution >= 4 is 17.4 Å². The standard InChI is InChI=1S/C22H23F3N4O/c1-14-4-7-18(8-5-14)27-21(30)29-13-15(2)28(12-16(29)3)19-9-6-17(11-26)20(10-19)22(23,24)25/h4-10,15-16H,12-13H2,1-3H3,(H,27,30)/t15-,16+/m1/s1. The smallest absolute Gasteiger partial charge is 0.365 e. The average Bonchev–Trinajstić information content (AvgIpc) is 2.70. The summed E-state index contributed by atoms with van der Waals surface area (Å²) in [5.41, 5.74) is 0.822. The summed E-state index contributed by atoms with van der Waals surface area (Å²) in [4.78, 5) is 16.3. The molecule has 3 rings (SSSR count). The summed E-state index contributed by atoms with van der Waals surface area (Å²) >= 11 is 0. The minimum absolute atomic E-state index is 0.195. The molecule has 0 bridgehead atoms. The number of hydrogen-bond donors (Lipinski definition) is 1. The Labute approximate surface area is 173 Å². The average molecular weight is 416 g/mol. The van der Waals surface area contributed by atoms with Crippen LogP contribution in [0.3, 0.4) is 0 Å². The fourth-order valence-electron chi connectivity index (χ4n) is 3.64. The van der Waals surface area contributed by atoms with Gasteiger partial charge in [0.05, 0.1) is 17.2 Å². The van der Waals surface area contributed by atoms with E-state index in [0.29, 0.717) is 24.5 Å². The van der Waals surface area contributed by atoms with Crippen molar-refractivity contribution in [2.75, 3.05) is 23.3 Å². The molecule has 2 aromatic rings. The van der Waals surface area contributed by atoms with E-state index in [1.165, 1.54) is 12.1 Å². The molecule has 1 fully saturated rings. The largest absolute Gasteiger partial charge is 0.417 e. The monoisotopic (exact) mass is 416 g/mol. The zero-order chi connectivity index (χ0) is 22.1. The molecule has 1 aliphatic heterocycles. The van der Waals surface area contributed by atoms with E-state index in [0.717, 1.165) is 11.6 Å². The van der Waals surface area contributed by atoms with Crippen LogP contribution < -0.4 is 10.2 Å². The molecular formula is C22H23F3N4O. The number of hydrogen-bond acceptors (Lipinski definition) is 3. The predicted molar refractivity (Wildman–Crippen MR) is 109 cm³/mol. The molecule has 1 aliphatic rings. The van der Waals surface area contributed by atoms with E-state index in [1.807, 2.05) is 49.9 Å². The van der Waals surface area contributed by atoms with E-state index in [-0.39, 0.29) is 18.1 Å². The van der Waals surface area contributed by atoms with Crippen LogP contribution in [0.4, 0.5) is 29.3 Å². The number of nitriles is 1. The first-order chi connectivity index (χ1) is 14.1. The summed E-state index contributed by atoms with van der Waals surface area (Å²) in [5, 5.41) is 11.9. The van der Waals surface area contributed by atoms with Crippen LogP contribution in [-0.2, 0) is 6.18 Å². The van der Waals surface area contributed by atoms with Crippen molar-refractivity contribution in [1.82, 2.24) is 4.90 Å². The van der Waals surface area contributed by atoms with Gasteiger partial charge in [-0.3, -0.25) is 0 Å². The zero-order valence-corrected chi connectivity index (χ0v) is 17.0. The van der Waals surface area contributed by atoms with Crippen molar-refractivity contribution < 1.29 is 18.0 Å². The lowest BCUT2D eigenvalue weighted by molar-refractivity contribution is -0.137. The number of piperazine rings is 1. The Bertz CT molecular complexity index is 966. The van der Waals surface area contributed by atoms with Crippen LogP contribution in [0.15, 0.2) is 42.5 Å². The lowest BCUT2D eigenvalue weighted by Crippen LogP contribution is -2.59. The summed E-state index contributed by atoms with van der Waals surface area (Å²) in [6.45, 7) is 6.43. The fourth-order valence-corrected chi connectivity index (χ4v) is 3.64. The number of carbonyl (C=O) groups excluding carboxylic acids is 1. The maximum Gasteiger partial charge on any atom is 0.417 e. The summed E-state index contributed by atoms with van der Waals surface area (Å²) < 4.78 is 40.0. The van der Waals surface area contributed by atoms with Gasteiger partial charge < -0.3 is 15.1 Å². The summed E-state index contributed by atoms with van der Waals surface area (Å²) in [6.07, 6.45) is -4.61. The van der Waals surface area contributed by atoms with Crippen molar-refractivity contribution in [3.63, 3.8) is 0 Å². The van der Waals surface area contributed by atoms with E-state index in [1.54, 1.807) is 11.0 Å². The third-order valence-electron chi connectivity index (χ3n) is 5.31. The third kappa shape index (κ3) is 4.51. The van der Waals surface area contributed by atoms with Gasteiger partial charge in [-0.2, -0.15) is 18.4 Å². The highest BCUT2D eigenvalue weighted by Gasteiger charge is 2.36. The number of anilines is 2. The van der Waals surface area contributed by atoms with Crippen molar-refractivity contribution in [2.45, 2.75) is 39.0 Å². The highest BCUT2D eigenvalue weighted by Crippen LogP contribution is 2.35. The number of nitrogens with one attached hydrogen (secondary N) is 1. The molecule has 0 aromatic heterocycles. The number of alkyl halides is 3. The van der Waals surface area contributed by atoms with Crippen molar-refractivity contribution in [3.05, 3.63) is 59.2 Å². The Hall–Kier alpha value is -3.21. The number of carbonyl (C=O) groups is 1. The second-order valence-corrected chi connectivity index (χ2v) is 7.64. The zero-order valence-electron chi connectivity index (χ0n) is 17.0. The Kier molecular flexibility index (Phi) is 5.92. The molecule has 2 aromatic carbocycles. The SMILES string of the molecule is Cc1ccc(NC(=O)N2C[C@@H](C)N(c3ccc(C#N)c(C(F)(F)F)c3)C[C@@H]2C)cc1. The highest BCUT2D eigenvalue weighted by atomic mass is 19.4. The number of benzene rings is 2. The van der Waals surface area contributed by atoms with Crippen molar-refractivity contribution in [1.29, 1.82) is 5.26 Å². The Morgan fingerprint density at radius 3 is 2.37 bits per heavy atom. The minimum atomic E-state index is -4.61. The van der Waals surface area contributed by atoms with E-state index in [2.05, 4.69) is 5.32 Å². The number of nitrogens with zero attached hydrogens (tertiary/aromatic N) is 3. The highest BCUT2D eigenvalue weighted by molar-refractivity contribution is 5.89. The van der Waals surface area contributed by atoms with E-state index in [4.69, 9.17) is 5.26 Å². The quantitative estimate of drug-likeness (QED) is 0.748. The van der Waals surface area contributed by atoms with Crippen molar-refractivity contribution in [2.24, 2.45) is 0 Å². The van der Waals surface area contributed by atoms with Crippen LogP contribution in [-0.4, -0.2) is 36.1 Å². The lowest BCUT2D eigenvalue weighted by atomic mass is 10.0. The molecule has 0 saturated carbocycles. The predicted octanol–water partition coefficient (Wildman–Crippen LogP) is 5.02. The van der Waals surface area contributed by atoms with E-state index < -0.39 is 17.3 Å². The molecule has 0 aliphatic carbocycles. The maximum absolute atomic E-state index is 13.3. The van der Waals surface area contributed by atoms with E-state index >= 15 is 0 Å². The molecule has 8 heteroatoms. The number of aryl methyl sites for hydroxylation is 1. The molecule has 0 unspecified atom stereocenters. The number of rotatable bonds is 2. The molecule has 0 spiro atoms. The summed E-state index contributed by atoms with van der Waals surface area (Å²) in [6, 6.07) is 12.2. The van der Waals surface area contributed by atoms with Crippen LogP contribution in [0.25, 0.3) is 0 Å². The number of amides is 2. The summed E-state index contributed by atoms with van der Waals surface area (Å²) in [5.74, 6) is 0. The number of halogens is 3. The van der Waals surface area contributed by atoms with Crippen LogP contribution in [0.5, 0.6) is 0 Å². The molecule has 2 atom stereocenters. The van der Waals surface area contributed by atoms with Crippen LogP contribution in [0, 0.1) is 18.3 Å². The van der Waals surface area contributed by atoms with Gasteiger partial charge in [0.2, 0.25) is 0 Å². The molecule has 1 saturated heterocycles. The van der Waals surface area contributed by atoms with Gasteiger partial charge in [-0.15, -0.1) is 0 Å². The Morgan fingerprint density at radius 1 is 1.10 bits per heavy atom. The van der Waals surface area contributed by atoms with Gasteiger partial charge in [0.15, 0.2) is 0 Å². The molecule has 158 valence electrons. The van der Waals surface area contributed by atoms with Gasteiger partial charge in [0.25, 0.3) is 0 Å². The molecule has 5 nitrogen and oxygen atoms in total. The topological polar surface area (TPSA) is 59.4 Å². The second kappa shape index (κ2) is 8.27. The van der Waals surface area contributed by atoms with Gasteiger partial charge in [-0.1, -0.05) is 17.7 Å². The van der Waals surface area contributed by atoms with Crippen LogP contribution in [0.2, 0.25) is 0 Å². The van der Waals surface area contributed by atoms with Gasteiger partial charge in [-0.25, -0.2) is 4.79 Å². The van der Waals surface area contributed by atoms with Gasteiger partial charge in [-0.05, 0) is 51.1 Å². The van der Waals surface area contributed by atoms with Crippen molar-refractivity contribution in [3.8, 4) is 6.07 Å².